The summed E-state index contributed by atoms with van der Waals surface area (Å²) in [5, 5.41) is 17.1. The lowest BCUT2D eigenvalue weighted by Gasteiger charge is -2.17. The average molecular weight is 516 g/mol. The molecular weight excluding hydrogens is 497 g/mol. The van der Waals surface area contributed by atoms with Crippen LogP contribution in [-0.2, 0) is 17.6 Å². The van der Waals surface area contributed by atoms with E-state index in [1.165, 1.54) is 22.3 Å². The summed E-state index contributed by atoms with van der Waals surface area (Å²) >= 11 is 18.9. The molecule has 2 aromatic heterocycles. The van der Waals surface area contributed by atoms with Gasteiger partial charge < -0.3 is 9.73 Å². The Morgan fingerprint density at radius 3 is 2.79 bits per heavy atom. The Labute approximate surface area is 211 Å². The van der Waals surface area contributed by atoms with E-state index in [9.17, 15) is 10.1 Å². The lowest BCUT2D eigenvalue weighted by Crippen LogP contribution is -2.32. The molecule has 0 fully saturated rings. The lowest BCUT2D eigenvalue weighted by atomic mass is 9.89. The van der Waals surface area contributed by atoms with E-state index in [2.05, 4.69) is 23.6 Å². The number of thiocarbonyl (C=S) groups is 1. The number of furan rings is 1. The Hall–Kier alpha value is -2.63. The van der Waals surface area contributed by atoms with Gasteiger partial charge in [0.2, 0.25) is 5.91 Å². The summed E-state index contributed by atoms with van der Waals surface area (Å²) < 4.78 is 5.75. The van der Waals surface area contributed by atoms with Crippen molar-refractivity contribution in [3.63, 3.8) is 0 Å². The molecule has 0 radical (unpaired) electrons. The Morgan fingerprint density at radius 1 is 1.30 bits per heavy atom. The van der Waals surface area contributed by atoms with Gasteiger partial charge in [-0.1, -0.05) is 30.1 Å². The summed E-state index contributed by atoms with van der Waals surface area (Å²) in [5.74, 6) is 1.26. The fourth-order valence-electron chi connectivity index (χ4n) is 3.70. The molecule has 1 amide bonds. The third-order valence-corrected chi connectivity index (χ3v) is 7.07. The maximum absolute atomic E-state index is 12.3. The summed E-state index contributed by atoms with van der Waals surface area (Å²) in [5.41, 5.74) is 2.47. The fourth-order valence-corrected chi connectivity index (χ4v) is 5.86. The first kappa shape index (κ1) is 23.5. The topological polar surface area (TPSA) is 78.1 Å². The van der Waals surface area contributed by atoms with Crippen molar-refractivity contribution in [2.45, 2.75) is 26.2 Å². The predicted molar refractivity (Wildman–Crippen MR) is 138 cm³/mol. The van der Waals surface area contributed by atoms with Crippen LogP contribution >= 0.6 is 46.8 Å². The van der Waals surface area contributed by atoms with Crippen LogP contribution in [0.1, 0.15) is 35.1 Å². The van der Waals surface area contributed by atoms with E-state index in [0.717, 1.165) is 30.4 Å². The smallest absolute Gasteiger partial charge is 0.250 e. The third kappa shape index (κ3) is 5.66. The van der Waals surface area contributed by atoms with Crippen LogP contribution in [0, 0.1) is 17.2 Å². The van der Waals surface area contributed by atoms with Crippen LogP contribution in [0.5, 0.6) is 0 Å². The van der Waals surface area contributed by atoms with Crippen LogP contribution in [0.3, 0.4) is 0 Å². The van der Waals surface area contributed by atoms with Crippen LogP contribution in [0.25, 0.3) is 17.4 Å². The van der Waals surface area contributed by atoms with E-state index in [1.807, 2.05) is 0 Å². The molecule has 0 saturated carbocycles. The first-order chi connectivity index (χ1) is 15.8. The zero-order valence-electron chi connectivity index (χ0n) is 17.6. The van der Waals surface area contributed by atoms with Crippen molar-refractivity contribution < 1.29 is 9.21 Å². The van der Waals surface area contributed by atoms with Gasteiger partial charge in [0.15, 0.2) is 5.11 Å². The van der Waals surface area contributed by atoms with Crippen LogP contribution in [-0.4, -0.2) is 11.0 Å². The van der Waals surface area contributed by atoms with Gasteiger partial charge in [0.1, 0.15) is 22.6 Å². The molecule has 1 aliphatic rings. The van der Waals surface area contributed by atoms with Gasteiger partial charge in [-0.05, 0) is 79.4 Å². The Kier molecular flexibility index (Phi) is 7.20. The molecule has 0 spiro atoms. The van der Waals surface area contributed by atoms with Gasteiger partial charge in [-0.2, -0.15) is 5.26 Å². The molecule has 3 aromatic rings. The minimum atomic E-state index is -0.412. The maximum atomic E-state index is 12.3. The molecule has 9 heteroatoms. The van der Waals surface area contributed by atoms with Crippen molar-refractivity contribution in [3.05, 3.63) is 68.2 Å². The Balaban J connectivity index is 1.38. The van der Waals surface area contributed by atoms with Gasteiger partial charge in [-0.3, -0.25) is 10.1 Å². The summed E-state index contributed by atoms with van der Waals surface area (Å²) in [4.78, 5) is 13.5. The molecule has 168 valence electrons. The minimum absolute atomic E-state index is 0.140. The molecule has 0 bridgehead atoms. The number of carbonyl (C=O) groups excluding carboxylic acids is 1. The van der Waals surface area contributed by atoms with E-state index in [0.29, 0.717) is 38.0 Å². The van der Waals surface area contributed by atoms with Crippen LogP contribution in [0.2, 0.25) is 10.0 Å². The quantitative estimate of drug-likeness (QED) is 0.293. The highest BCUT2D eigenvalue weighted by molar-refractivity contribution is 7.80. The predicted octanol–water partition coefficient (Wildman–Crippen LogP) is 6.84. The van der Waals surface area contributed by atoms with Crippen LogP contribution in [0.15, 0.2) is 40.8 Å². The van der Waals surface area contributed by atoms with Crippen LogP contribution in [0.4, 0.5) is 5.00 Å². The van der Waals surface area contributed by atoms with Crippen molar-refractivity contribution in [1.29, 1.82) is 5.26 Å². The van der Waals surface area contributed by atoms with Gasteiger partial charge in [0, 0.05) is 26.6 Å². The molecule has 2 N–H and O–H groups in total. The highest BCUT2D eigenvalue weighted by atomic mass is 35.5. The molecule has 2 heterocycles. The molecule has 5 nitrogen and oxygen atoms in total. The van der Waals surface area contributed by atoms with Gasteiger partial charge in [0.05, 0.1) is 5.56 Å². The van der Waals surface area contributed by atoms with Gasteiger partial charge in [0.25, 0.3) is 0 Å². The van der Waals surface area contributed by atoms with Gasteiger partial charge in [-0.15, -0.1) is 11.3 Å². The Morgan fingerprint density at radius 2 is 2.06 bits per heavy atom. The zero-order valence-corrected chi connectivity index (χ0v) is 20.7. The van der Waals surface area contributed by atoms with E-state index in [4.69, 9.17) is 39.8 Å². The lowest BCUT2D eigenvalue weighted by molar-refractivity contribution is -0.115. The number of nitrogens with one attached hydrogen (secondary N) is 2. The molecular formula is C24H19Cl2N3O2S2. The zero-order chi connectivity index (χ0) is 23.5. The number of hydrogen-bond acceptors (Lipinski definition) is 5. The molecule has 4 rings (SSSR count). The SMILES string of the molecule is CC1CCc2c(sc(NC(=S)NC(=O)/C=C/c3ccc(-c4cc(Cl)cc(Cl)c4)o3)c2C#N)C1. The number of benzene rings is 1. The number of nitrogens with zero attached hydrogens (tertiary/aromatic N) is 1. The first-order valence-electron chi connectivity index (χ1n) is 10.2. The van der Waals surface area contributed by atoms with Crippen molar-refractivity contribution in [2.24, 2.45) is 5.92 Å². The third-order valence-electron chi connectivity index (χ3n) is 5.26. The molecule has 1 unspecified atom stereocenters. The number of halogens is 2. The van der Waals surface area contributed by atoms with E-state index >= 15 is 0 Å². The number of anilines is 1. The molecule has 1 aliphatic carbocycles. The summed E-state index contributed by atoms with van der Waals surface area (Å²) in [6.07, 6.45) is 5.80. The molecule has 1 atom stereocenters. The van der Waals surface area contributed by atoms with Crippen LogP contribution < -0.4 is 10.6 Å². The summed E-state index contributed by atoms with van der Waals surface area (Å²) in [6, 6.07) is 10.9. The second kappa shape index (κ2) is 10.1. The second-order valence-corrected chi connectivity index (χ2v) is 10.2. The monoisotopic (exact) mass is 515 g/mol. The largest absolute Gasteiger partial charge is 0.457 e. The van der Waals surface area contributed by atoms with Crippen molar-refractivity contribution in [3.8, 4) is 17.4 Å². The number of rotatable bonds is 4. The number of hydrogen-bond donors (Lipinski definition) is 2. The van der Waals surface area contributed by atoms with Crippen molar-refractivity contribution >= 4 is 68.9 Å². The normalized spacial score (nSPS) is 15.2. The Bertz CT molecular complexity index is 1280. The fraction of sp³-hybridized carbons (Fsp3) is 0.208. The molecule has 0 saturated heterocycles. The highest BCUT2D eigenvalue weighted by Crippen LogP contribution is 2.39. The van der Waals surface area contributed by atoms with E-state index in [1.54, 1.807) is 36.4 Å². The number of amides is 1. The number of carbonyl (C=O) groups is 1. The van der Waals surface area contributed by atoms with E-state index in [-0.39, 0.29) is 5.11 Å². The molecule has 33 heavy (non-hydrogen) atoms. The highest BCUT2D eigenvalue weighted by Gasteiger charge is 2.24. The molecule has 1 aromatic carbocycles. The van der Waals surface area contributed by atoms with Gasteiger partial charge >= 0.3 is 0 Å². The van der Waals surface area contributed by atoms with Crippen molar-refractivity contribution in [2.75, 3.05) is 5.32 Å². The first-order valence-corrected chi connectivity index (χ1v) is 12.2. The number of fused-ring (bicyclic) bond motifs is 1. The summed E-state index contributed by atoms with van der Waals surface area (Å²) in [6.45, 7) is 2.21. The second-order valence-electron chi connectivity index (χ2n) is 7.80. The van der Waals surface area contributed by atoms with Gasteiger partial charge in [-0.25, -0.2) is 0 Å². The van der Waals surface area contributed by atoms with Crippen molar-refractivity contribution in [1.82, 2.24) is 5.32 Å². The standard InChI is InChI=1S/C24H19Cl2N3O2S2/c1-13-2-5-18-19(12-27)23(33-21(18)8-13)29-24(32)28-22(30)7-4-17-3-6-20(31-17)14-9-15(25)11-16(26)10-14/h3-4,6-7,9-11,13H,2,5,8H2,1H3,(H2,28,29,30,32)/b7-4+. The average Bonchev–Trinajstić information content (AvgIpc) is 3.35. The number of thiophene rings is 1. The maximum Gasteiger partial charge on any atom is 0.250 e. The molecule has 0 aliphatic heterocycles. The van der Waals surface area contributed by atoms with E-state index < -0.39 is 5.91 Å². The minimum Gasteiger partial charge on any atom is -0.457 e. The summed E-state index contributed by atoms with van der Waals surface area (Å²) in [7, 11) is 0. The number of nitriles is 1.